The molecular formula is C14H20IN. The number of hydrogen-bond acceptors (Lipinski definition) is 1. The van der Waals surface area contributed by atoms with Gasteiger partial charge in [-0.25, -0.2) is 0 Å². The maximum atomic E-state index is 3.67. The maximum absolute atomic E-state index is 3.67. The van der Waals surface area contributed by atoms with Crippen LogP contribution in [0, 0.1) is 9.49 Å². The molecule has 1 aromatic carbocycles. The van der Waals surface area contributed by atoms with E-state index in [2.05, 4.69) is 59.1 Å². The van der Waals surface area contributed by atoms with Gasteiger partial charge in [0.05, 0.1) is 0 Å². The van der Waals surface area contributed by atoms with E-state index in [1.54, 1.807) is 0 Å². The summed E-state index contributed by atoms with van der Waals surface area (Å²) in [6.45, 7) is 3.30. The van der Waals surface area contributed by atoms with Crippen LogP contribution in [0.5, 0.6) is 0 Å². The smallest absolute Gasteiger partial charge is 0.0208 e. The van der Waals surface area contributed by atoms with Gasteiger partial charge in [0.1, 0.15) is 0 Å². The van der Waals surface area contributed by atoms with Crippen molar-refractivity contribution in [3.8, 4) is 0 Å². The molecule has 0 heterocycles. The molecule has 0 saturated heterocycles. The average molecular weight is 329 g/mol. The van der Waals surface area contributed by atoms with E-state index < -0.39 is 0 Å². The van der Waals surface area contributed by atoms with Crippen molar-refractivity contribution in [2.45, 2.75) is 45.2 Å². The zero-order valence-electron chi connectivity index (χ0n) is 9.88. The molecule has 1 aliphatic rings. The van der Waals surface area contributed by atoms with Crippen LogP contribution < -0.4 is 5.32 Å². The fourth-order valence-corrected chi connectivity index (χ4v) is 2.37. The summed E-state index contributed by atoms with van der Waals surface area (Å²) in [4.78, 5) is 0. The highest BCUT2D eigenvalue weighted by Crippen LogP contribution is 2.34. The summed E-state index contributed by atoms with van der Waals surface area (Å²) in [7, 11) is 0. The van der Waals surface area contributed by atoms with Crippen molar-refractivity contribution in [1.82, 2.24) is 5.32 Å². The van der Waals surface area contributed by atoms with Crippen LogP contribution in [-0.2, 0) is 6.54 Å². The van der Waals surface area contributed by atoms with Crippen molar-refractivity contribution in [3.63, 3.8) is 0 Å². The van der Waals surface area contributed by atoms with Crippen molar-refractivity contribution >= 4 is 22.6 Å². The summed E-state index contributed by atoms with van der Waals surface area (Å²) in [6.07, 6.45) is 5.55. The minimum atomic E-state index is 0.715. The van der Waals surface area contributed by atoms with Gasteiger partial charge in [-0.3, -0.25) is 0 Å². The second-order valence-corrected chi connectivity index (χ2v) is 6.04. The lowest BCUT2D eigenvalue weighted by Crippen LogP contribution is -2.28. The summed E-state index contributed by atoms with van der Waals surface area (Å²) in [6, 6.07) is 9.52. The van der Waals surface area contributed by atoms with Crippen LogP contribution in [-0.4, -0.2) is 6.04 Å². The SMILES string of the molecule is CCC(CC1CC1)NCc1ccc(I)cc1. The first kappa shape index (κ1) is 12.4. The quantitative estimate of drug-likeness (QED) is 0.779. The third-order valence-corrected chi connectivity index (χ3v) is 4.03. The zero-order chi connectivity index (χ0) is 11.4. The van der Waals surface area contributed by atoms with E-state index in [0.29, 0.717) is 6.04 Å². The molecule has 1 unspecified atom stereocenters. The molecule has 0 aliphatic heterocycles. The molecule has 2 heteroatoms. The van der Waals surface area contributed by atoms with Gasteiger partial charge in [-0.2, -0.15) is 0 Å². The van der Waals surface area contributed by atoms with Crippen molar-refractivity contribution in [3.05, 3.63) is 33.4 Å². The highest BCUT2D eigenvalue weighted by molar-refractivity contribution is 14.1. The normalized spacial score (nSPS) is 17.4. The largest absolute Gasteiger partial charge is 0.310 e. The van der Waals surface area contributed by atoms with Crippen molar-refractivity contribution in [2.24, 2.45) is 5.92 Å². The number of rotatable bonds is 6. The van der Waals surface area contributed by atoms with E-state index >= 15 is 0 Å². The lowest BCUT2D eigenvalue weighted by Gasteiger charge is -2.16. The van der Waals surface area contributed by atoms with E-state index in [4.69, 9.17) is 0 Å². The van der Waals surface area contributed by atoms with Crippen molar-refractivity contribution < 1.29 is 0 Å². The van der Waals surface area contributed by atoms with Gasteiger partial charge < -0.3 is 5.32 Å². The molecule has 16 heavy (non-hydrogen) atoms. The van der Waals surface area contributed by atoms with Crippen LogP contribution in [0.25, 0.3) is 0 Å². The summed E-state index contributed by atoms with van der Waals surface area (Å²) >= 11 is 2.35. The van der Waals surface area contributed by atoms with Gasteiger partial charge in [-0.15, -0.1) is 0 Å². The average Bonchev–Trinajstić information content (AvgIpc) is 3.10. The van der Waals surface area contributed by atoms with Crippen LogP contribution in [0.15, 0.2) is 24.3 Å². The van der Waals surface area contributed by atoms with Crippen LogP contribution in [0.3, 0.4) is 0 Å². The van der Waals surface area contributed by atoms with Crippen molar-refractivity contribution in [2.75, 3.05) is 0 Å². The summed E-state index contributed by atoms with van der Waals surface area (Å²) < 4.78 is 1.31. The molecule has 0 amide bonds. The minimum Gasteiger partial charge on any atom is -0.310 e. The standard InChI is InChI=1S/C14H20IN/c1-2-14(9-11-3-4-11)16-10-12-5-7-13(15)8-6-12/h5-8,11,14,16H,2-4,9-10H2,1H3. The van der Waals surface area contributed by atoms with Gasteiger partial charge in [0, 0.05) is 16.2 Å². The number of halogens is 1. The molecule has 1 saturated carbocycles. The van der Waals surface area contributed by atoms with Crippen LogP contribution >= 0.6 is 22.6 Å². The van der Waals surface area contributed by atoms with E-state index in [1.165, 1.54) is 34.8 Å². The van der Waals surface area contributed by atoms with E-state index in [-0.39, 0.29) is 0 Å². The van der Waals surface area contributed by atoms with Crippen molar-refractivity contribution in [1.29, 1.82) is 0 Å². The summed E-state index contributed by atoms with van der Waals surface area (Å²) in [5.41, 5.74) is 1.40. The second kappa shape index (κ2) is 6.01. The van der Waals surface area contributed by atoms with Gasteiger partial charge in [0.2, 0.25) is 0 Å². The third kappa shape index (κ3) is 4.06. The van der Waals surface area contributed by atoms with Gasteiger partial charge in [-0.05, 0) is 59.0 Å². The topological polar surface area (TPSA) is 12.0 Å². The molecule has 1 aliphatic carbocycles. The van der Waals surface area contributed by atoms with Gasteiger partial charge in [0.15, 0.2) is 0 Å². The fourth-order valence-electron chi connectivity index (χ4n) is 2.01. The molecule has 1 N–H and O–H groups in total. The second-order valence-electron chi connectivity index (χ2n) is 4.79. The molecule has 2 rings (SSSR count). The number of nitrogens with one attached hydrogen (secondary N) is 1. The lowest BCUT2D eigenvalue weighted by atomic mass is 10.1. The van der Waals surface area contributed by atoms with Gasteiger partial charge >= 0.3 is 0 Å². The van der Waals surface area contributed by atoms with Crippen LogP contribution in [0.1, 0.15) is 38.2 Å². The Balaban J connectivity index is 1.77. The number of hydrogen-bond donors (Lipinski definition) is 1. The number of benzene rings is 1. The van der Waals surface area contributed by atoms with Gasteiger partial charge in [0.25, 0.3) is 0 Å². The first-order chi connectivity index (χ1) is 7.78. The predicted molar refractivity (Wildman–Crippen MR) is 77.4 cm³/mol. The lowest BCUT2D eigenvalue weighted by molar-refractivity contribution is 0.445. The Bertz CT molecular complexity index is 316. The summed E-state index contributed by atoms with van der Waals surface area (Å²) in [5, 5.41) is 3.67. The van der Waals surface area contributed by atoms with E-state index in [0.717, 1.165) is 12.5 Å². The first-order valence-electron chi connectivity index (χ1n) is 6.25. The van der Waals surface area contributed by atoms with Crippen LogP contribution in [0.2, 0.25) is 0 Å². The minimum absolute atomic E-state index is 0.715. The predicted octanol–water partition coefficient (Wildman–Crippen LogP) is 3.96. The Hall–Kier alpha value is -0.0900. The monoisotopic (exact) mass is 329 g/mol. The first-order valence-corrected chi connectivity index (χ1v) is 7.33. The molecule has 1 aromatic rings. The Morgan fingerprint density at radius 2 is 2.00 bits per heavy atom. The molecule has 0 radical (unpaired) electrons. The molecule has 1 nitrogen and oxygen atoms in total. The zero-order valence-corrected chi connectivity index (χ0v) is 12.0. The molecule has 0 aromatic heterocycles. The van der Waals surface area contributed by atoms with E-state index in [1.807, 2.05) is 0 Å². The molecule has 1 fully saturated rings. The maximum Gasteiger partial charge on any atom is 0.0208 e. The molecule has 0 spiro atoms. The molecular weight excluding hydrogens is 309 g/mol. The third-order valence-electron chi connectivity index (χ3n) is 3.32. The van der Waals surface area contributed by atoms with Gasteiger partial charge in [-0.1, -0.05) is 31.9 Å². The highest BCUT2D eigenvalue weighted by Gasteiger charge is 2.24. The molecule has 0 bridgehead atoms. The Morgan fingerprint density at radius 3 is 2.56 bits per heavy atom. The van der Waals surface area contributed by atoms with Crippen LogP contribution in [0.4, 0.5) is 0 Å². The molecule has 1 atom stereocenters. The molecule has 88 valence electrons. The van der Waals surface area contributed by atoms with E-state index in [9.17, 15) is 0 Å². The Labute approximate surface area is 112 Å². The Morgan fingerprint density at radius 1 is 1.31 bits per heavy atom. The highest BCUT2D eigenvalue weighted by atomic mass is 127. The Kier molecular flexibility index (Phi) is 4.65. The summed E-state index contributed by atoms with van der Waals surface area (Å²) in [5.74, 6) is 1.02. The fraction of sp³-hybridized carbons (Fsp3) is 0.571.